The number of benzene rings is 1. The SMILES string of the molecule is CCC(NCC(O)COC(C)c1ccccc1)C(C)C. The molecule has 1 aromatic carbocycles. The van der Waals surface area contributed by atoms with Crippen molar-refractivity contribution in [3.05, 3.63) is 35.9 Å². The highest BCUT2D eigenvalue weighted by atomic mass is 16.5. The van der Waals surface area contributed by atoms with Crippen LogP contribution in [0.3, 0.4) is 0 Å². The van der Waals surface area contributed by atoms with Crippen LogP contribution >= 0.6 is 0 Å². The topological polar surface area (TPSA) is 41.5 Å². The molecule has 2 N–H and O–H groups in total. The average molecular weight is 279 g/mol. The zero-order valence-corrected chi connectivity index (χ0v) is 13.2. The Labute approximate surface area is 123 Å². The van der Waals surface area contributed by atoms with Crippen LogP contribution in [0, 0.1) is 5.92 Å². The number of aliphatic hydroxyl groups excluding tert-OH is 1. The van der Waals surface area contributed by atoms with Gasteiger partial charge in [0.1, 0.15) is 0 Å². The molecule has 114 valence electrons. The predicted molar refractivity (Wildman–Crippen MR) is 83.7 cm³/mol. The molecular weight excluding hydrogens is 250 g/mol. The molecule has 0 aromatic heterocycles. The highest BCUT2D eigenvalue weighted by Gasteiger charge is 2.14. The summed E-state index contributed by atoms with van der Waals surface area (Å²) in [7, 11) is 0. The Bertz CT molecular complexity index is 353. The minimum absolute atomic E-state index is 0.0120. The van der Waals surface area contributed by atoms with Crippen molar-refractivity contribution in [2.75, 3.05) is 13.2 Å². The minimum atomic E-state index is -0.464. The standard InChI is InChI=1S/C17H29NO2/c1-5-17(13(2)3)18-11-16(19)12-20-14(4)15-9-7-6-8-10-15/h6-10,13-14,16-19H,5,11-12H2,1-4H3. The molecule has 0 bridgehead atoms. The van der Waals surface area contributed by atoms with Crippen LogP contribution in [0.4, 0.5) is 0 Å². The fourth-order valence-electron chi connectivity index (χ4n) is 2.27. The van der Waals surface area contributed by atoms with E-state index in [9.17, 15) is 5.11 Å². The molecule has 0 heterocycles. The van der Waals surface area contributed by atoms with Gasteiger partial charge in [0.25, 0.3) is 0 Å². The molecule has 3 atom stereocenters. The Morgan fingerprint density at radius 2 is 1.80 bits per heavy atom. The molecule has 3 heteroatoms. The van der Waals surface area contributed by atoms with Crippen molar-refractivity contribution in [3.63, 3.8) is 0 Å². The highest BCUT2D eigenvalue weighted by molar-refractivity contribution is 5.16. The van der Waals surface area contributed by atoms with Crippen LogP contribution in [0.15, 0.2) is 30.3 Å². The number of ether oxygens (including phenoxy) is 1. The predicted octanol–water partition coefficient (Wildman–Crippen LogP) is 3.15. The zero-order chi connectivity index (χ0) is 15.0. The van der Waals surface area contributed by atoms with Crippen LogP contribution in [0.2, 0.25) is 0 Å². The van der Waals surface area contributed by atoms with Crippen LogP contribution in [-0.2, 0) is 4.74 Å². The van der Waals surface area contributed by atoms with Crippen molar-refractivity contribution >= 4 is 0 Å². The summed E-state index contributed by atoms with van der Waals surface area (Å²) in [5.41, 5.74) is 1.14. The fourth-order valence-corrected chi connectivity index (χ4v) is 2.27. The molecule has 3 unspecified atom stereocenters. The first-order chi connectivity index (χ1) is 9.54. The van der Waals surface area contributed by atoms with E-state index >= 15 is 0 Å². The largest absolute Gasteiger partial charge is 0.389 e. The van der Waals surface area contributed by atoms with E-state index in [-0.39, 0.29) is 6.10 Å². The minimum Gasteiger partial charge on any atom is -0.389 e. The lowest BCUT2D eigenvalue weighted by atomic mass is 10.0. The molecule has 0 saturated heterocycles. The molecule has 0 aliphatic rings. The van der Waals surface area contributed by atoms with Gasteiger partial charge >= 0.3 is 0 Å². The molecule has 20 heavy (non-hydrogen) atoms. The lowest BCUT2D eigenvalue weighted by Gasteiger charge is -2.23. The summed E-state index contributed by atoms with van der Waals surface area (Å²) in [6.45, 7) is 9.51. The Kier molecular flexibility index (Phi) is 7.82. The first-order valence-electron chi connectivity index (χ1n) is 7.62. The Hall–Kier alpha value is -0.900. The fraction of sp³-hybridized carbons (Fsp3) is 0.647. The Morgan fingerprint density at radius 1 is 1.15 bits per heavy atom. The van der Waals surface area contributed by atoms with Crippen molar-refractivity contribution in [1.29, 1.82) is 0 Å². The Morgan fingerprint density at radius 3 is 2.35 bits per heavy atom. The van der Waals surface area contributed by atoms with Gasteiger partial charge in [-0.2, -0.15) is 0 Å². The maximum atomic E-state index is 9.98. The quantitative estimate of drug-likeness (QED) is 0.729. The van der Waals surface area contributed by atoms with Crippen molar-refractivity contribution in [2.24, 2.45) is 5.92 Å². The van der Waals surface area contributed by atoms with E-state index in [0.717, 1.165) is 12.0 Å². The Balaban J connectivity index is 2.27. The second-order valence-corrected chi connectivity index (χ2v) is 5.71. The maximum absolute atomic E-state index is 9.98. The summed E-state index contributed by atoms with van der Waals surface area (Å²) in [5.74, 6) is 0.580. The summed E-state index contributed by atoms with van der Waals surface area (Å²) in [6.07, 6.45) is 0.623. The van der Waals surface area contributed by atoms with Crippen LogP contribution in [0.5, 0.6) is 0 Å². The maximum Gasteiger partial charge on any atom is 0.0898 e. The summed E-state index contributed by atoms with van der Waals surface area (Å²) >= 11 is 0. The third-order valence-electron chi connectivity index (χ3n) is 3.67. The lowest BCUT2D eigenvalue weighted by molar-refractivity contribution is -0.00341. The van der Waals surface area contributed by atoms with Gasteiger partial charge in [0.05, 0.1) is 18.8 Å². The summed E-state index contributed by atoms with van der Waals surface area (Å²) in [6, 6.07) is 10.5. The normalized spacial score (nSPS) is 16.1. The number of nitrogens with one attached hydrogen (secondary N) is 1. The molecule has 0 fully saturated rings. The van der Waals surface area contributed by atoms with Gasteiger partial charge in [-0.3, -0.25) is 0 Å². The lowest BCUT2D eigenvalue weighted by Crippen LogP contribution is -2.40. The highest BCUT2D eigenvalue weighted by Crippen LogP contribution is 2.16. The van der Waals surface area contributed by atoms with Gasteiger partial charge in [-0.25, -0.2) is 0 Å². The first kappa shape index (κ1) is 17.2. The second-order valence-electron chi connectivity index (χ2n) is 5.71. The monoisotopic (exact) mass is 279 g/mol. The summed E-state index contributed by atoms with van der Waals surface area (Å²) in [5, 5.41) is 13.4. The molecule has 1 aromatic rings. The van der Waals surface area contributed by atoms with Gasteiger partial charge in [0.2, 0.25) is 0 Å². The van der Waals surface area contributed by atoms with Crippen LogP contribution in [-0.4, -0.2) is 30.4 Å². The summed E-state index contributed by atoms with van der Waals surface area (Å²) < 4.78 is 5.73. The molecule has 0 saturated carbocycles. The molecule has 0 spiro atoms. The number of aliphatic hydroxyl groups is 1. The molecule has 1 rings (SSSR count). The molecule has 0 radical (unpaired) electrons. The first-order valence-corrected chi connectivity index (χ1v) is 7.62. The van der Waals surface area contributed by atoms with E-state index in [0.29, 0.717) is 25.1 Å². The van der Waals surface area contributed by atoms with Crippen LogP contribution in [0.25, 0.3) is 0 Å². The van der Waals surface area contributed by atoms with Crippen LogP contribution < -0.4 is 5.32 Å². The van der Waals surface area contributed by atoms with Crippen LogP contribution in [0.1, 0.15) is 45.8 Å². The third-order valence-corrected chi connectivity index (χ3v) is 3.67. The van der Waals surface area contributed by atoms with E-state index < -0.39 is 6.10 Å². The number of hydrogen-bond acceptors (Lipinski definition) is 3. The van der Waals surface area contributed by atoms with Crippen molar-refractivity contribution in [3.8, 4) is 0 Å². The summed E-state index contributed by atoms with van der Waals surface area (Å²) in [4.78, 5) is 0. The third kappa shape index (κ3) is 6.04. The van der Waals surface area contributed by atoms with E-state index in [4.69, 9.17) is 4.74 Å². The van der Waals surface area contributed by atoms with Crippen molar-refractivity contribution in [2.45, 2.75) is 52.4 Å². The van der Waals surface area contributed by atoms with Crippen molar-refractivity contribution < 1.29 is 9.84 Å². The van der Waals surface area contributed by atoms with Crippen molar-refractivity contribution in [1.82, 2.24) is 5.32 Å². The van der Waals surface area contributed by atoms with Gasteiger partial charge in [0, 0.05) is 12.6 Å². The van der Waals surface area contributed by atoms with Gasteiger partial charge in [-0.05, 0) is 24.8 Å². The molecule has 0 amide bonds. The number of rotatable bonds is 9. The molecule has 3 nitrogen and oxygen atoms in total. The smallest absolute Gasteiger partial charge is 0.0898 e. The number of hydrogen-bond donors (Lipinski definition) is 2. The van der Waals surface area contributed by atoms with E-state index in [1.54, 1.807) is 0 Å². The zero-order valence-electron chi connectivity index (χ0n) is 13.2. The van der Waals surface area contributed by atoms with Gasteiger partial charge in [0.15, 0.2) is 0 Å². The average Bonchev–Trinajstić information content (AvgIpc) is 2.46. The van der Waals surface area contributed by atoms with E-state index in [1.807, 2.05) is 37.3 Å². The van der Waals surface area contributed by atoms with E-state index in [2.05, 4.69) is 26.1 Å². The van der Waals surface area contributed by atoms with Gasteiger partial charge in [-0.15, -0.1) is 0 Å². The second kappa shape index (κ2) is 9.11. The van der Waals surface area contributed by atoms with Gasteiger partial charge < -0.3 is 15.2 Å². The molecule has 0 aliphatic heterocycles. The van der Waals surface area contributed by atoms with E-state index in [1.165, 1.54) is 0 Å². The van der Waals surface area contributed by atoms with Gasteiger partial charge in [-0.1, -0.05) is 51.1 Å². The molecule has 0 aliphatic carbocycles. The molecular formula is C17H29NO2.